The monoisotopic (exact) mass is 287 g/mol. The minimum Gasteiger partial charge on any atom is -0.489 e. The Morgan fingerprint density at radius 1 is 1.14 bits per heavy atom. The SMILES string of the molecule is O=C(O)Cc1cccc(OCc2cccc([N+](=O)[O-])c2)c1. The van der Waals surface area contributed by atoms with E-state index in [9.17, 15) is 14.9 Å². The Hall–Kier alpha value is -2.89. The highest BCUT2D eigenvalue weighted by Gasteiger charge is 2.06. The number of nitro groups is 1. The number of ether oxygens (including phenoxy) is 1. The van der Waals surface area contributed by atoms with Crippen molar-refractivity contribution >= 4 is 11.7 Å². The van der Waals surface area contributed by atoms with Crippen LogP contribution in [-0.4, -0.2) is 16.0 Å². The van der Waals surface area contributed by atoms with Crippen molar-refractivity contribution in [2.45, 2.75) is 13.0 Å². The third-order valence-electron chi connectivity index (χ3n) is 2.78. The number of hydrogen-bond acceptors (Lipinski definition) is 4. The van der Waals surface area contributed by atoms with Crippen LogP contribution in [0.1, 0.15) is 11.1 Å². The summed E-state index contributed by atoms with van der Waals surface area (Å²) in [5.41, 5.74) is 1.32. The fourth-order valence-corrected chi connectivity index (χ4v) is 1.85. The van der Waals surface area contributed by atoms with Gasteiger partial charge in [0.2, 0.25) is 0 Å². The van der Waals surface area contributed by atoms with E-state index in [0.717, 1.165) is 0 Å². The maximum absolute atomic E-state index is 10.7. The summed E-state index contributed by atoms with van der Waals surface area (Å²) in [6.07, 6.45) is -0.0754. The van der Waals surface area contributed by atoms with E-state index in [-0.39, 0.29) is 18.7 Å². The quantitative estimate of drug-likeness (QED) is 0.651. The molecule has 0 spiro atoms. The van der Waals surface area contributed by atoms with E-state index in [2.05, 4.69) is 0 Å². The fraction of sp³-hybridized carbons (Fsp3) is 0.133. The molecule has 0 radical (unpaired) electrons. The zero-order valence-corrected chi connectivity index (χ0v) is 11.1. The first-order valence-electron chi connectivity index (χ1n) is 6.21. The standard InChI is InChI=1S/C15H13NO5/c17-15(18)9-11-3-2-6-14(8-11)21-10-12-4-1-5-13(7-12)16(19)20/h1-8H,9-10H2,(H,17,18). The number of nitrogens with zero attached hydrogens (tertiary/aromatic N) is 1. The van der Waals surface area contributed by atoms with Gasteiger partial charge in [0.25, 0.3) is 5.69 Å². The third kappa shape index (κ3) is 4.31. The Kier molecular flexibility index (Phi) is 4.50. The van der Waals surface area contributed by atoms with Gasteiger partial charge in [-0.05, 0) is 23.3 Å². The molecule has 21 heavy (non-hydrogen) atoms. The molecule has 0 amide bonds. The van der Waals surface area contributed by atoms with E-state index < -0.39 is 10.9 Å². The molecule has 0 atom stereocenters. The number of hydrogen-bond donors (Lipinski definition) is 1. The molecule has 0 bridgehead atoms. The molecule has 0 aromatic heterocycles. The summed E-state index contributed by atoms with van der Waals surface area (Å²) < 4.78 is 5.53. The number of non-ortho nitro benzene ring substituents is 1. The Morgan fingerprint density at radius 3 is 2.57 bits per heavy atom. The van der Waals surface area contributed by atoms with E-state index in [1.807, 2.05) is 0 Å². The van der Waals surface area contributed by atoms with Gasteiger partial charge in [0.1, 0.15) is 12.4 Å². The van der Waals surface area contributed by atoms with Crippen LogP contribution >= 0.6 is 0 Å². The molecule has 0 aliphatic carbocycles. The number of benzene rings is 2. The minimum atomic E-state index is -0.911. The van der Waals surface area contributed by atoms with Crippen molar-refractivity contribution in [3.63, 3.8) is 0 Å². The van der Waals surface area contributed by atoms with Gasteiger partial charge in [-0.3, -0.25) is 14.9 Å². The molecule has 108 valence electrons. The Labute approximate surface area is 120 Å². The maximum Gasteiger partial charge on any atom is 0.307 e. The summed E-state index contributed by atoms with van der Waals surface area (Å²) >= 11 is 0. The molecule has 0 saturated heterocycles. The molecular formula is C15H13NO5. The van der Waals surface area contributed by atoms with Crippen molar-refractivity contribution in [1.29, 1.82) is 0 Å². The van der Waals surface area contributed by atoms with Crippen LogP contribution in [0.2, 0.25) is 0 Å². The summed E-state index contributed by atoms with van der Waals surface area (Å²) in [4.78, 5) is 20.9. The van der Waals surface area contributed by atoms with Crippen molar-refractivity contribution < 1.29 is 19.6 Å². The van der Waals surface area contributed by atoms with Crippen LogP contribution in [0.5, 0.6) is 5.75 Å². The van der Waals surface area contributed by atoms with Crippen LogP contribution in [0.4, 0.5) is 5.69 Å². The lowest BCUT2D eigenvalue weighted by Gasteiger charge is -2.07. The lowest BCUT2D eigenvalue weighted by Crippen LogP contribution is -2.01. The summed E-state index contributed by atoms with van der Waals surface area (Å²) in [5, 5.41) is 19.4. The van der Waals surface area contributed by atoms with Gasteiger partial charge >= 0.3 is 5.97 Å². The normalized spacial score (nSPS) is 10.1. The van der Waals surface area contributed by atoms with Crippen molar-refractivity contribution in [3.8, 4) is 5.75 Å². The molecular weight excluding hydrogens is 274 g/mol. The highest BCUT2D eigenvalue weighted by atomic mass is 16.6. The number of aliphatic carboxylic acids is 1. The first-order chi connectivity index (χ1) is 10.0. The number of rotatable bonds is 6. The van der Waals surface area contributed by atoms with Crippen molar-refractivity contribution in [1.82, 2.24) is 0 Å². The average molecular weight is 287 g/mol. The zero-order chi connectivity index (χ0) is 15.2. The molecule has 6 heteroatoms. The molecule has 6 nitrogen and oxygen atoms in total. The molecule has 0 fully saturated rings. The number of nitro benzene ring substituents is 1. The van der Waals surface area contributed by atoms with Gasteiger partial charge in [0.05, 0.1) is 11.3 Å². The van der Waals surface area contributed by atoms with E-state index in [4.69, 9.17) is 9.84 Å². The molecule has 2 aromatic rings. The minimum absolute atomic E-state index is 0.00993. The molecule has 0 aliphatic rings. The topological polar surface area (TPSA) is 89.7 Å². The van der Waals surface area contributed by atoms with Crippen molar-refractivity contribution in [3.05, 3.63) is 69.8 Å². The largest absolute Gasteiger partial charge is 0.489 e. The molecule has 1 N–H and O–H groups in total. The highest BCUT2D eigenvalue weighted by Crippen LogP contribution is 2.18. The van der Waals surface area contributed by atoms with Crippen LogP contribution in [0.3, 0.4) is 0 Å². The first-order valence-corrected chi connectivity index (χ1v) is 6.21. The predicted molar refractivity (Wildman–Crippen MR) is 75.2 cm³/mol. The van der Waals surface area contributed by atoms with Crippen LogP contribution in [0.15, 0.2) is 48.5 Å². The molecule has 2 rings (SSSR count). The summed E-state index contributed by atoms with van der Waals surface area (Å²) in [5.74, 6) is -0.383. The van der Waals surface area contributed by atoms with E-state index in [1.54, 1.807) is 36.4 Å². The van der Waals surface area contributed by atoms with Crippen LogP contribution in [0.25, 0.3) is 0 Å². The molecule has 2 aromatic carbocycles. The van der Waals surface area contributed by atoms with Crippen LogP contribution in [0, 0.1) is 10.1 Å². The Balaban J connectivity index is 2.04. The predicted octanol–water partition coefficient (Wildman–Crippen LogP) is 2.80. The Morgan fingerprint density at radius 2 is 1.86 bits per heavy atom. The van der Waals surface area contributed by atoms with Gasteiger partial charge < -0.3 is 9.84 Å². The van der Waals surface area contributed by atoms with E-state index >= 15 is 0 Å². The molecule has 0 aliphatic heterocycles. The summed E-state index contributed by atoms with van der Waals surface area (Å²) in [6.45, 7) is 0.179. The first kappa shape index (κ1) is 14.5. The molecule has 0 unspecified atom stereocenters. The van der Waals surface area contributed by atoms with Crippen molar-refractivity contribution in [2.24, 2.45) is 0 Å². The lowest BCUT2D eigenvalue weighted by atomic mass is 10.1. The summed E-state index contributed by atoms with van der Waals surface area (Å²) in [6, 6.07) is 13.0. The third-order valence-corrected chi connectivity index (χ3v) is 2.78. The van der Waals surface area contributed by atoms with Gasteiger partial charge in [-0.1, -0.05) is 24.3 Å². The maximum atomic E-state index is 10.7. The smallest absolute Gasteiger partial charge is 0.307 e. The van der Waals surface area contributed by atoms with E-state index in [0.29, 0.717) is 16.9 Å². The fourth-order valence-electron chi connectivity index (χ4n) is 1.85. The van der Waals surface area contributed by atoms with Gasteiger partial charge in [-0.25, -0.2) is 0 Å². The second-order valence-corrected chi connectivity index (χ2v) is 4.43. The van der Waals surface area contributed by atoms with Gasteiger partial charge in [0.15, 0.2) is 0 Å². The summed E-state index contributed by atoms with van der Waals surface area (Å²) in [7, 11) is 0. The van der Waals surface area contributed by atoms with Crippen LogP contribution in [-0.2, 0) is 17.8 Å². The number of carboxylic acids is 1. The van der Waals surface area contributed by atoms with Gasteiger partial charge in [-0.15, -0.1) is 0 Å². The second-order valence-electron chi connectivity index (χ2n) is 4.43. The van der Waals surface area contributed by atoms with Gasteiger partial charge in [-0.2, -0.15) is 0 Å². The van der Waals surface area contributed by atoms with Crippen molar-refractivity contribution in [2.75, 3.05) is 0 Å². The Bertz CT molecular complexity index is 669. The number of carboxylic acid groups (broad SMARTS) is 1. The lowest BCUT2D eigenvalue weighted by molar-refractivity contribution is -0.384. The van der Waals surface area contributed by atoms with Crippen LogP contribution < -0.4 is 4.74 Å². The second kappa shape index (κ2) is 6.51. The number of carbonyl (C=O) groups is 1. The zero-order valence-electron chi connectivity index (χ0n) is 11.1. The average Bonchev–Trinajstić information content (AvgIpc) is 2.45. The highest BCUT2D eigenvalue weighted by molar-refractivity contribution is 5.70. The van der Waals surface area contributed by atoms with Gasteiger partial charge in [0, 0.05) is 12.1 Å². The van der Waals surface area contributed by atoms with E-state index in [1.165, 1.54) is 12.1 Å². The molecule has 0 saturated carbocycles. The molecule has 0 heterocycles.